The van der Waals surface area contributed by atoms with Gasteiger partial charge in [-0.2, -0.15) is 9.77 Å². The van der Waals surface area contributed by atoms with Crippen molar-refractivity contribution in [1.82, 2.24) is 30.6 Å². The van der Waals surface area contributed by atoms with Gasteiger partial charge in [-0.05, 0) is 49.3 Å². The third-order valence-corrected chi connectivity index (χ3v) is 7.23. The number of fused-ring (bicyclic) bond motifs is 1. The number of aromatic amines is 1. The number of nitrogens with one attached hydrogen (secondary N) is 4. The number of H-pyrrole nitrogens is 1. The first-order chi connectivity index (χ1) is 25.4. The Bertz CT molecular complexity index is 1940. The van der Waals surface area contributed by atoms with Crippen LogP contribution in [-0.4, -0.2) is 134 Å². The maximum absolute atomic E-state index is 12.5. The van der Waals surface area contributed by atoms with Crippen LogP contribution in [0.4, 0.5) is 5.82 Å². The number of hydrogen-bond acceptors (Lipinski definition) is 12. The molecule has 56 heavy (non-hydrogen) atoms. The van der Waals surface area contributed by atoms with E-state index in [2.05, 4.69) is 35.4 Å². The number of amides is 2. The Balaban J connectivity index is 0. The Morgan fingerprint density at radius 1 is 0.929 bits per heavy atom. The van der Waals surface area contributed by atoms with E-state index in [1.807, 2.05) is 6.92 Å². The van der Waals surface area contributed by atoms with E-state index in [1.54, 1.807) is 37.4 Å². The number of anilines is 1. The van der Waals surface area contributed by atoms with Gasteiger partial charge >= 0.3 is 59.6 Å². The normalized spacial score (nSPS) is 11.3. The average Bonchev–Trinajstić information content (AvgIpc) is 3.11. The molecule has 2 aromatic heterocycles. The van der Waals surface area contributed by atoms with E-state index in [-0.39, 0.29) is 103 Å². The van der Waals surface area contributed by atoms with Crippen molar-refractivity contribution >= 4 is 107 Å². The fraction of sp³-hybridized carbons (Fsp3) is 0.394. The molecule has 0 aliphatic carbocycles. The first kappa shape index (κ1) is 52.5. The van der Waals surface area contributed by atoms with Crippen molar-refractivity contribution in [3.63, 3.8) is 0 Å². The molecular weight excluding hydrogens is 771 g/mol. The van der Waals surface area contributed by atoms with Gasteiger partial charge in [-0.1, -0.05) is 26.0 Å². The number of hydrogen-bond donors (Lipinski definition) is 9. The van der Waals surface area contributed by atoms with Crippen LogP contribution in [-0.2, 0) is 35.2 Å². The molecule has 3 rings (SSSR count). The molecule has 1 unspecified atom stereocenters. The molecule has 3 aromatic rings. The van der Waals surface area contributed by atoms with Crippen LogP contribution in [0, 0.1) is 5.41 Å². The van der Waals surface area contributed by atoms with Crippen molar-refractivity contribution in [1.29, 1.82) is 5.41 Å². The summed E-state index contributed by atoms with van der Waals surface area (Å²) in [6, 6.07) is 4.40. The van der Waals surface area contributed by atoms with Gasteiger partial charge in [-0.3, -0.25) is 29.4 Å². The van der Waals surface area contributed by atoms with Gasteiger partial charge in [-0.15, -0.1) is 12.4 Å². The summed E-state index contributed by atoms with van der Waals surface area (Å²) < 4.78 is 0. The number of carbonyl (C=O) groups is 7. The quantitative estimate of drug-likeness (QED) is 0.0391. The van der Waals surface area contributed by atoms with Gasteiger partial charge in [0.25, 0.3) is 5.91 Å². The number of Topliss-reactive ketones (excluding diaryl/α,β-unsaturated/α-hetero) is 1. The van der Waals surface area contributed by atoms with Gasteiger partial charge in [0.15, 0.2) is 5.65 Å². The van der Waals surface area contributed by atoms with Crippen molar-refractivity contribution < 1.29 is 58.8 Å². The van der Waals surface area contributed by atoms with Crippen molar-refractivity contribution in [2.24, 2.45) is 0 Å². The molecule has 0 bridgehead atoms. The summed E-state index contributed by atoms with van der Waals surface area (Å²) >= 11 is 0. The summed E-state index contributed by atoms with van der Waals surface area (Å²) in [7, 11) is 0. The zero-order valence-electron chi connectivity index (χ0n) is 30.0. The van der Waals surface area contributed by atoms with E-state index in [9.17, 15) is 38.7 Å². The standard InChI is InChI=1S/C22H25N7O5.C8H11N3O4.C3H6O2.ClH.Na.H/c1-2-11(9-14-10-25-19-17(26-14)18(23)28-22(24)29-19)12-3-5-13(6-4-12)20(32)27-15(21(33)34)7-8-16(30)31;1-5(12)11-7(8(14)15)3-2-6(13)4-10-9;1-2-3(4)5;;;/h3-6,10-11,15H,2,7-9H2,1H3,(H,27,32)(H,30,31)(H,33,34)(H4,23,24,25,28,29);4,7H,2-3H2,1H3,(H,11,12)(H,14,15);2H2,1H3,(H,4,5);1H;;/t11?,15-;7-;;;;/m00..../s1. The molecule has 300 valence electrons. The average molecular weight is 815 g/mol. The van der Waals surface area contributed by atoms with Crippen LogP contribution in [0.3, 0.4) is 0 Å². The van der Waals surface area contributed by atoms with E-state index in [4.69, 9.17) is 32.0 Å². The molecule has 0 radical (unpaired) electrons. The summed E-state index contributed by atoms with van der Waals surface area (Å²) in [6.45, 7) is 4.81. The van der Waals surface area contributed by atoms with E-state index in [1.165, 1.54) is 6.92 Å². The predicted octanol–water partition coefficient (Wildman–Crippen LogP) is 0.679. The number of nitrogens with zero attached hydrogens (tertiary/aromatic N) is 5. The second-order valence-electron chi connectivity index (χ2n) is 11.3. The molecule has 0 aliphatic rings. The summed E-state index contributed by atoms with van der Waals surface area (Å²) in [4.78, 5) is 93.8. The van der Waals surface area contributed by atoms with Gasteiger partial charge in [0.1, 0.15) is 23.4 Å². The molecule has 21 nitrogen and oxygen atoms in total. The van der Waals surface area contributed by atoms with E-state index < -0.39 is 53.6 Å². The third kappa shape index (κ3) is 19.6. The van der Waals surface area contributed by atoms with Crippen LogP contribution in [0.15, 0.2) is 30.5 Å². The topological polar surface area (TPSA) is 365 Å². The van der Waals surface area contributed by atoms with E-state index >= 15 is 0 Å². The summed E-state index contributed by atoms with van der Waals surface area (Å²) in [5, 5.41) is 46.5. The number of benzene rings is 1. The Kier molecular flexibility index (Phi) is 25.4. The van der Waals surface area contributed by atoms with E-state index in [0.717, 1.165) is 12.0 Å². The Hall–Kier alpha value is -5.60. The van der Waals surface area contributed by atoms with Crippen molar-refractivity contribution in [2.75, 3.05) is 5.73 Å². The summed E-state index contributed by atoms with van der Waals surface area (Å²) in [6.07, 6.45) is 3.13. The number of nitrogens with two attached hydrogens (primary N) is 1. The minimum absolute atomic E-state index is 0. The van der Waals surface area contributed by atoms with Crippen molar-refractivity contribution in [3.05, 3.63) is 58.4 Å². The number of halogens is 1. The number of aliphatic carboxylic acids is 4. The number of carboxylic acids is 4. The number of carbonyl (C=O) groups excluding carboxylic acids is 3. The van der Waals surface area contributed by atoms with Gasteiger partial charge in [-0.25, -0.2) is 19.6 Å². The third-order valence-electron chi connectivity index (χ3n) is 7.23. The fourth-order valence-electron chi connectivity index (χ4n) is 4.44. The second-order valence-corrected chi connectivity index (χ2v) is 11.3. The van der Waals surface area contributed by atoms with Gasteiger partial charge < -0.3 is 47.3 Å². The van der Waals surface area contributed by atoms with Crippen molar-refractivity contribution in [2.45, 2.75) is 83.7 Å². The van der Waals surface area contributed by atoms with Crippen LogP contribution in [0.1, 0.15) is 86.8 Å². The molecule has 23 heteroatoms. The van der Waals surface area contributed by atoms with Gasteiger partial charge in [0, 0.05) is 31.7 Å². The van der Waals surface area contributed by atoms with Gasteiger partial charge in [0.05, 0.1) is 11.9 Å². The summed E-state index contributed by atoms with van der Waals surface area (Å²) in [5.41, 5.74) is 16.4. The summed E-state index contributed by atoms with van der Waals surface area (Å²) in [5.74, 6) is -5.67. The second kappa shape index (κ2) is 27.1. The zero-order chi connectivity index (χ0) is 41.0. The molecule has 0 saturated carbocycles. The van der Waals surface area contributed by atoms with Crippen LogP contribution in [0.5, 0.6) is 0 Å². The zero-order valence-corrected chi connectivity index (χ0v) is 30.8. The number of carboxylic acid groups (broad SMARTS) is 4. The SMILES string of the molecule is CC(=O)N[C@@H](CCC(=O)C=[N+]=[N-])C(=O)O.CCC(=O)O.CCC(Cc1cnc2nc(=N)[nH]c(N)c2n1)c1ccc(C(=O)N[C@@H](CCC(=O)O)C(=O)O)cc1.Cl.[NaH]. The molecule has 2 heterocycles. The molecule has 2 amide bonds. The first-order valence-electron chi connectivity index (χ1n) is 16.2. The molecule has 3 atom stereocenters. The molecule has 10 N–H and O–H groups in total. The van der Waals surface area contributed by atoms with Crippen LogP contribution >= 0.6 is 12.4 Å². The molecular formula is C33H44ClN10NaO11. The van der Waals surface area contributed by atoms with Crippen molar-refractivity contribution in [3.8, 4) is 0 Å². The first-order valence-corrected chi connectivity index (χ1v) is 16.2. The predicted molar refractivity (Wildman–Crippen MR) is 202 cm³/mol. The molecule has 0 aliphatic heterocycles. The van der Waals surface area contributed by atoms with Crippen LogP contribution in [0.2, 0.25) is 0 Å². The number of rotatable bonds is 17. The monoisotopic (exact) mass is 814 g/mol. The molecule has 0 fully saturated rings. The maximum atomic E-state index is 12.5. The number of aromatic nitrogens is 4. The number of nitrogen functional groups attached to an aromatic ring is 1. The van der Waals surface area contributed by atoms with E-state index in [0.29, 0.717) is 23.8 Å². The molecule has 0 spiro atoms. The Labute approximate surface area is 347 Å². The molecule has 1 aromatic carbocycles. The Morgan fingerprint density at radius 2 is 1.48 bits per heavy atom. The van der Waals surface area contributed by atoms with Gasteiger partial charge in [0.2, 0.25) is 17.3 Å². The fourth-order valence-corrected chi connectivity index (χ4v) is 4.44. The van der Waals surface area contributed by atoms with Crippen LogP contribution in [0.25, 0.3) is 16.7 Å². The number of ketones is 1. The molecule has 0 saturated heterocycles. The minimum atomic E-state index is -1.29. The Morgan fingerprint density at radius 3 is 1.96 bits per heavy atom. The van der Waals surface area contributed by atoms with Crippen LogP contribution < -0.4 is 22.0 Å².